The molecule has 0 aromatic heterocycles. The minimum atomic E-state index is -0.402. The second-order valence-corrected chi connectivity index (χ2v) is 12.2. The van der Waals surface area contributed by atoms with Gasteiger partial charge in [-0.25, -0.2) is 0 Å². The summed E-state index contributed by atoms with van der Waals surface area (Å²) >= 11 is 0. The predicted octanol–water partition coefficient (Wildman–Crippen LogP) is 11.1. The van der Waals surface area contributed by atoms with Crippen LogP contribution in [0.3, 0.4) is 0 Å². The van der Waals surface area contributed by atoms with Crippen LogP contribution in [0.2, 0.25) is 0 Å². The summed E-state index contributed by atoms with van der Waals surface area (Å²) in [5, 5.41) is 0. The molecule has 0 aromatic carbocycles. The quantitative estimate of drug-likeness (QED) is 0.0569. The predicted molar refractivity (Wildman–Crippen MR) is 173 cm³/mol. The minimum Gasteiger partial charge on any atom is -0.463 e. The highest BCUT2D eigenvalue weighted by Crippen LogP contribution is 2.14. The van der Waals surface area contributed by atoms with E-state index in [1.807, 2.05) is 0 Å². The molecule has 0 spiro atoms. The van der Waals surface area contributed by atoms with Crippen molar-refractivity contribution in [3.8, 4) is 0 Å². The average molecular weight is 583 g/mol. The molecule has 0 aliphatic rings. The molecule has 0 fully saturated rings. The fourth-order valence-electron chi connectivity index (χ4n) is 5.27. The Morgan fingerprint density at radius 1 is 0.415 bits per heavy atom. The zero-order valence-electron chi connectivity index (χ0n) is 27.8. The third kappa shape index (κ3) is 31.7. The lowest BCUT2D eigenvalue weighted by molar-refractivity contribution is -0.153. The van der Waals surface area contributed by atoms with Crippen molar-refractivity contribution in [2.75, 3.05) is 20.3 Å². The molecule has 0 atom stereocenters. The largest absolute Gasteiger partial charge is 0.463 e. The number of carbonyl (C=O) groups is 2. The Morgan fingerprint density at radius 3 is 0.902 bits per heavy atom. The van der Waals surface area contributed by atoms with Crippen LogP contribution < -0.4 is 0 Å². The fraction of sp³-hybridized carbons (Fsp3) is 0.944. The normalized spacial score (nSPS) is 11.3. The maximum atomic E-state index is 12.1. The summed E-state index contributed by atoms with van der Waals surface area (Å²) in [6, 6.07) is 0. The van der Waals surface area contributed by atoms with E-state index >= 15 is 0 Å². The van der Waals surface area contributed by atoms with Crippen molar-refractivity contribution in [1.29, 1.82) is 0 Å². The molecular weight excluding hydrogens is 512 g/mol. The Bertz CT molecular complexity index is 504. The molecule has 0 bridgehead atoms. The Kier molecular flexibility index (Phi) is 32.5. The number of methoxy groups -OCH3 is 1. The monoisotopic (exact) mass is 583 g/mol. The molecule has 0 unspecified atom stereocenters. The van der Waals surface area contributed by atoms with Crippen LogP contribution >= 0.6 is 0 Å². The van der Waals surface area contributed by atoms with E-state index in [-0.39, 0.29) is 25.2 Å². The molecule has 244 valence electrons. The van der Waals surface area contributed by atoms with Gasteiger partial charge in [0.25, 0.3) is 0 Å². The minimum absolute atomic E-state index is 0.139. The van der Waals surface area contributed by atoms with Crippen LogP contribution in [0.25, 0.3) is 0 Å². The first-order valence-electron chi connectivity index (χ1n) is 18.0. The van der Waals surface area contributed by atoms with Gasteiger partial charge in [-0.3, -0.25) is 9.59 Å². The van der Waals surface area contributed by atoms with Crippen LogP contribution in [-0.2, 0) is 23.8 Å². The van der Waals surface area contributed by atoms with E-state index in [1.54, 1.807) is 7.11 Å². The molecule has 0 aromatic rings. The van der Waals surface area contributed by atoms with Gasteiger partial charge in [0.1, 0.15) is 19.3 Å². The first kappa shape index (κ1) is 39.9. The van der Waals surface area contributed by atoms with Crippen LogP contribution in [-0.4, -0.2) is 38.4 Å². The summed E-state index contributed by atoms with van der Waals surface area (Å²) in [5.74, 6) is -0.373. The molecule has 0 amide bonds. The van der Waals surface area contributed by atoms with Gasteiger partial charge in [0.2, 0.25) is 0 Å². The topological polar surface area (TPSA) is 61.8 Å². The second-order valence-electron chi connectivity index (χ2n) is 12.2. The van der Waals surface area contributed by atoms with E-state index < -0.39 is 6.10 Å². The lowest BCUT2D eigenvalue weighted by Gasteiger charge is -2.15. The Labute approximate surface area is 255 Å². The van der Waals surface area contributed by atoms with Crippen molar-refractivity contribution >= 4 is 11.9 Å². The highest BCUT2D eigenvalue weighted by Gasteiger charge is 2.14. The van der Waals surface area contributed by atoms with E-state index in [0.29, 0.717) is 12.8 Å². The summed E-state index contributed by atoms with van der Waals surface area (Å²) in [4.78, 5) is 24.1. The van der Waals surface area contributed by atoms with Gasteiger partial charge in [0, 0.05) is 20.0 Å². The average Bonchev–Trinajstić information content (AvgIpc) is 2.98. The fourth-order valence-corrected chi connectivity index (χ4v) is 5.27. The molecule has 0 saturated carbocycles. The first-order chi connectivity index (χ1) is 20.1. The van der Waals surface area contributed by atoms with E-state index in [2.05, 4.69) is 13.8 Å². The van der Waals surface area contributed by atoms with Crippen molar-refractivity contribution < 1.29 is 23.8 Å². The molecule has 5 nitrogen and oxygen atoms in total. The zero-order chi connectivity index (χ0) is 30.1. The van der Waals surface area contributed by atoms with Gasteiger partial charge in [-0.2, -0.15) is 0 Å². The van der Waals surface area contributed by atoms with Crippen LogP contribution in [0.15, 0.2) is 0 Å². The summed E-state index contributed by atoms with van der Waals surface area (Å²) in [6.45, 7) is 4.81. The molecule has 0 heterocycles. The Hall–Kier alpha value is -1.10. The van der Waals surface area contributed by atoms with Crippen LogP contribution in [0, 0.1) is 0 Å². The van der Waals surface area contributed by atoms with E-state index in [9.17, 15) is 9.59 Å². The van der Waals surface area contributed by atoms with Crippen molar-refractivity contribution in [3.63, 3.8) is 0 Å². The molecule has 0 N–H and O–H groups in total. The number of hydrogen-bond acceptors (Lipinski definition) is 5. The van der Waals surface area contributed by atoms with E-state index in [1.165, 1.54) is 141 Å². The molecule has 0 radical (unpaired) electrons. The van der Waals surface area contributed by atoms with Gasteiger partial charge in [-0.1, -0.05) is 168 Å². The van der Waals surface area contributed by atoms with Gasteiger partial charge in [-0.15, -0.1) is 0 Å². The van der Waals surface area contributed by atoms with Crippen molar-refractivity contribution in [1.82, 2.24) is 0 Å². The number of rotatable bonds is 33. The molecule has 5 heteroatoms. The molecular formula is C36H70O5. The van der Waals surface area contributed by atoms with Crippen molar-refractivity contribution in [2.45, 2.75) is 200 Å². The van der Waals surface area contributed by atoms with E-state index in [0.717, 1.165) is 25.7 Å². The van der Waals surface area contributed by atoms with Crippen molar-refractivity contribution in [2.24, 2.45) is 0 Å². The van der Waals surface area contributed by atoms with Crippen molar-refractivity contribution in [3.05, 3.63) is 0 Å². The number of esters is 2. The highest BCUT2D eigenvalue weighted by atomic mass is 16.6. The molecule has 0 rings (SSSR count). The lowest BCUT2D eigenvalue weighted by Crippen LogP contribution is -2.27. The molecule has 0 aliphatic carbocycles. The molecule has 0 saturated heterocycles. The Morgan fingerprint density at radius 2 is 0.659 bits per heavy atom. The number of unbranched alkanes of at least 4 members (excludes halogenated alkanes) is 24. The van der Waals surface area contributed by atoms with E-state index in [4.69, 9.17) is 14.2 Å². The zero-order valence-corrected chi connectivity index (χ0v) is 27.8. The summed E-state index contributed by atoms with van der Waals surface area (Å²) in [7, 11) is 1.56. The SMILES string of the molecule is CCCCCCCCCCCCCCCC(=O)OCC(COC(=O)CCCCCCCCCCCCCCC)OC. The van der Waals surface area contributed by atoms with Gasteiger partial charge in [0.05, 0.1) is 0 Å². The van der Waals surface area contributed by atoms with Gasteiger partial charge < -0.3 is 14.2 Å². The smallest absolute Gasteiger partial charge is 0.305 e. The molecule has 0 aliphatic heterocycles. The standard InChI is InChI=1S/C36H70O5/c1-4-6-8-10-12-14-16-18-20-22-24-26-28-30-35(37)40-32-34(39-3)33-41-36(38)31-29-27-25-23-21-19-17-15-13-11-9-7-5-2/h34H,4-33H2,1-3H3. The molecule has 41 heavy (non-hydrogen) atoms. The summed E-state index contributed by atoms with van der Waals surface area (Å²) < 4.78 is 16.1. The summed E-state index contributed by atoms with van der Waals surface area (Å²) in [6.07, 6.45) is 34.0. The second kappa shape index (κ2) is 33.4. The van der Waals surface area contributed by atoms with Gasteiger partial charge in [-0.05, 0) is 12.8 Å². The third-order valence-electron chi connectivity index (χ3n) is 8.16. The number of carbonyl (C=O) groups excluding carboxylic acids is 2. The maximum Gasteiger partial charge on any atom is 0.305 e. The van der Waals surface area contributed by atoms with Gasteiger partial charge in [0.15, 0.2) is 0 Å². The van der Waals surface area contributed by atoms with Crippen LogP contribution in [0.4, 0.5) is 0 Å². The summed E-state index contributed by atoms with van der Waals surface area (Å²) in [5.41, 5.74) is 0. The number of ether oxygens (including phenoxy) is 3. The first-order valence-corrected chi connectivity index (χ1v) is 18.0. The highest BCUT2D eigenvalue weighted by molar-refractivity contribution is 5.69. The van der Waals surface area contributed by atoms with Crippen LogP contribution in [0.1, 0.15) is 194 Å². The third-order valence-corrected chi connectivity index (χ3v) is 8.16. The maximum absolute atomic E-state index is 12.1. The van der Waals surface area contributed by atoms with Crippen LogP contribution in [0.5, 0.6) is 0 Å². The Balaban J connectivity index is 3.51. The lowest BCUT2D eigenvalue weighted by atomic mass is 10.0. The number of hydrogen-bond donors (Lipinski definition) is 0. The van der Waals surface area contributed by atoms with Gasteiger partial charge >= 0.3 is 11.9 Å².